The molecule has 2 rings (SSSR count). The Hall–Kier alpha value is -1.89. The van der Waals surface area contributed by atoms with E-state index in [9.17, 15) is 14.4 Å². The Labute approximate surface area is 139 Å². The Bertz CT molecular complexity index is 610. The normalized spacial score (nSPS) is 17.8. The second-order valence-electron chi connectivity index (χ2n) is 5.74. The number of amides is 1. The fraction of sp³-hybridized carbons (Fsp3) is 0.562. The predicted molar refractivity (Wildman–Crippen MR) is 85.4 cm³/mol. The van der Waals surface area contributed by atoms with Crippen molar-refractivity contribution >= 4 is 29.2 Å². The smallest absolute Gasteiger partial charge is 0.328 e. The van der Waals surface area contributed by atoms with Crippen molar-refractivity contribution in [2.45, 2.75) is 38.6 Å². The highest BCUT2D eigenvalue weighted by Crippen LogP contribution is 2.32. The summed E-state index contributed by atoms with van der Waals surface area (Å²) in [5.74, 6) is -0.995. The monoisotopic (exact) mass is 339 g/mol. The minimum atomic E-state index is -1.04. The number of rotatable bonds is 5. The molecule has 23 heavy (non-hydrogen) atoms. The van der Waals surface area contributed by atoms with Crippen molar-refractivity contribution in [3.63, 3.8) is 0 Å². The van der Waals surface area contributed by atoms with Gasteiger partial charge in [-0.3, -0.25) is 9.59 Å². The molecule has 0 saturated carbocycles. The van der Waals surface area contributed by atoms with E-state index in [-0.39, 0.29) is 12.3 Å². The van der Waals surface area contributed by atoms with Gasteiger partial charge in [0.2, 0.25) is 0 Å². The molecule has 1 aliphatic rings. The van der Waals surface area contributed by atoms with Crippen LogP contribution in [0, 0.1) is 5.92 Å². The van der Waals surface area contributed by atoms with Crippen molar-refractivity contribution in [1.29, 1.82) is 0 Å². The van der Waals surface area contributed by atoms with E-state index in [0.29, 0.717) is 10.8 Å². The van der Waals surface area contributed by atoms with Crippen LogP contribution in [0.15, 0.2) is 6.07 Å². The number of methoxy groups -OCH3 is 2. The van der Waals surface area contributed by atoms with E-state index < -0.39 is 18.0 Å². The first kappa shape index (κ1) is 17.5. The largest absolute Gasteiger partial charge is 0.469 e. The van der Waals surface area contributed by atoms with E-state index in [1.807, 2.05) is 6.07 Å². The van der Waals surface area contributed by atoms with Crippen molar-refractivity contribution < 1.29 is 23.9 Å². The molecule has 126 valence electrons. The number of carbonyl (C=O) groups is 3. The SMILES string of the molecule is COC(=O)CC(NC(=O)c1cc2c(s1)CCC(C)C2)C(=O)OC. The second-order valence-corrected chi connectivity index (χ2v) is 6.87. The zero-order valence-corrected chi connectivity index (χ0v) is 14.3. The van der Waals surface area contributed by atoms with Crippen LogP contribution in [0.5, 0.6) is 0 Å². The van der Waals surface area contributed by atoms with Crippen LogP contribution in [0.2, 0.25) is 0 Å². The van der Waals surface area contributed by atoms with Gasteiger partial charge in [0, 0.05) is 4.88 Å². The molecule has 7 heteroatoms. The lowest BCUT2D eigenvalue weighted by Crippen LogP contribution is -2.42. The first-order valence-electron chi connectivity index (χ1n) is 7.51. The van der Waals surface area contributed by atoms with Crippen molar-refractivity contribution in [3.05, 3.63) is 21.4 Å². The van der Waals surface area contributed by atoms with E-state index in [2.05, 4.69) is 21.7 Å². The lowest BCUT2D eigenvalue weighted by atomic mass is 9.90. The van der Waals surface area contributed by atoms with Gasteiger partial charge in [0.05, 0.1) is 25.5 Å². The highest BCUT2D eigenvalue weighted by molar-refractivity contribution is 7.14. The molecule has 1 heterocycles. The summed E-state index contributed by atoms with van der Waals surface area (Å²) in [6.07, 6.45) is 2.83. The molecule has 0 aliphatic heterocycles. The van der Waals surface area contributed by atoms with Gasteiger partial charge in [0.25, 0.3) is 5.91 Å². The van der Waals surface area contributed by atoms with Crippen LogP contribution < -0.4 is 5.32 Å². The molecular weight excluding hydrogens is 318 g/mol. The molecule has 1 aromatic heterocycles. The standard InChI is InChI=1S/C16H21NO5S/c1-9-4-5-12-10(6-9)7-13(23-12)15(19)17-11(16(20)22-3)8-14(18)21-2/h7,9,11H,4-6,8H2,1-3H3,(H,17,19). The molecule has 0 saturated heterocycles. The number of hydrogen-bond acceptors (Lipinski definition) is 6. The number of carbonyl (C=O) groups excluding carboxylic acids is 3. The summed E-state index contributed by atoms with van der Waals surface area (Å²) in [5, 5.41) is 2.57. The predicted octanol–water partition coefficient (Wildman–Crippen LogP) is 1.71. The molecule has 1 aromatic rings. The summed E-state index contributed by atoms with van der Waals surface area (Å²) in [6, 6.07) is 0.843. The lowest BCUT2D eigenvalue weighted by Gasteiger charge is -2.16. The third-order valence-electron chi connectivity index (χ3n) is 3.94. The first-order chi connectivity index (χ1) is 10.9. The van der Waals surface area contributed by atoms with Crippen LogP contribution in [-0.2, 0) is 31.9 Å². The van der Waals surface area contributed by atoms with Crippen LogP contribution in [-0.4, -0.2) is 38.1 Å². The van der Waals surface area contributed by atoms with Gasteiger partial charge in [-0.15, -0.1) is 11.3 Å². The number of aryl methyl sites for hydroxylation is 1. The van der Waals surface area contributed by atoms with Gasteiger partial charge in [0.1, 0.15) is 6.04 Å². The molecule has 2 unspecified atom stereocenters. The van der Waals surface area contributed by atoms with E-state index in [1.165, 1.54) is 36.0 Å². The maximum Gasteiger partial charge on any atom is 0.328 e. The molecule has 1 amide bonds. The van der Waals surface area contributed by atoms with E-state index in [1.54, 1.807) is 0 Å². The average Bonchev–Trinajstić information content (AvgIpc) is 2.96. The highest BCUT2D eigenvalue weighted by atomic mass is 32.1. The minimum Gasteiger partial charge on any atom is -0.469 e. The summed E-state index contributed by atoms with van der Waals surface area (Å²) in [4.78, 5) is 37.3. The number of fused-ring (bicyclic) bond motifs is 1. The topological polar surface area (TPSA) is 81.7 Å². The fourth-order valence-electron chi connectivity index (χ4n) is 2.63. The van der Waals surface area contributed by atoms with Crippen molar-refractivity contribution in [2.75, 3.05) is 14.2 Å². The third-order valence-corrected chi connectivity index (χ3v) is 5.18. The van der Waals surface area contributed by atoms with Crippen LogP contribution in [0.1, 0.15) is 39.9 Å². The van der Waals surface area contributed by atoms with Gasteiger partial charge in [0.15, 0.2) is 0 Å². The molecule has 1 N–H and O–H groups in total. The van der Waals surface area contributed by atoms with Gasteiger partial charge < -0.3 is 14.8 Å². The van der Waals surface area contributed by atoms with E-state index in [0.717, 1.165) is 19.3 Å². The zero-order valence-electron chi connectivity index (χ0n) is 13.5. The van der Waals surface area contributed by atoms with Gasteiger partial charge in [-0.05, 0) is 36.8 Å². The van der Waals surface area contributed by atoms with Gasteiger partial charge in [-0.1, -0.05) is 6.92 Å². The number of ether oxygens (including phenoxy) is 2. The van der Waals surface area contributed by atoms with Crippen LogP contribution in [0.4, 0.5) is 0 Å². The maximum atomic E-state index is 12.4. The van der Waals surface area contributed by atoms with Crippen molar-refractivity contribution in [3.8, 4) is 0 Å². The molecule has 0 bridgehead atoms. The van der Waals surface area contributed by atoms with Crippen LogP contribution in [0.25, 0.3) is 0 Å². The summed E-state index contributed by atoms with van der Waals surface area (Å²) in [6.45, 7) is 2.20. The average molecular weight is 339 g/mol. The summed E-state index contributed by atoms with van der Waals surface area (Å²) in [7, 11) is 2.44. The molecule has 0 spiro atoms. The number of nitrogens with one attached hydrogen (secondary N) is 1. The summed E-state index contributed by atoms with van der Waals surface area (Å²) < 4.78 is 9.18. The van der Waals surface area contributed by atoms with Gasteiger partial charge in [-0.25, -0.2) is 4.79 Å². The first-order valence-corrected chi connectivity index (χ1v) is 8.33. The Kier molecular flexibility index (Phi) is 5.76. The molecular formula is C16H21NO5S. The number of hydrogen-bond donors (Lipinski definition) is 1. The van der Waals surface area contributed by atoms with Crippen LogP contribution >= 0.6 is 11.3 Å². The Morgan fingerprint density at radius 1 is 1.35 bits per heavy atom. The molecule has 0 radical (unpaired) electrons. The number of thiophene rings is 1. The molecule has 2 atom stereocenters. The Morgan fingerprint density at radius 3 is 2.74 bits per heavy atom. The van der Waals surface area contributed by atoms with E-state index >= 15 is 0 Å². The van der Waals surface area contributed by atoms with Crippen molar-refractivity contribution in [2.24, 2.45) is 5.92 Å². The highest BCUT2D eigenvalue weighted by Gasteiger charge is 2.27. The molecule has 0 aromatic carbocycles. The minimum absolute atomic E-state index is 0.253. The van der Waals surface area contributed by atoms with Crippen molar-refractivity contribution in [1.82, 2.24) is 5.32 Å². The number of esters is 2. The third kappa shape index (κ3) is 4.31. The molecule has 1 aliphatic carbocycles. The second kappa shape index (κ2) is 7.59. The molecule has 0 fully saturated rings. The lowest BCUT2D eigenvalue weighted by molar-refractivity contribution is -0.149. The Balaban J connectivity index is 2.09. The van der Waals surface area contributed by atoms with Gasteiger partial charge >= 0.3 is 11.9 Å². The quantitative estimate of drug-likeness (QED) is 0.826. The zero-order chi connectivity index (χ0) is 17.0. The summed E-state index contributed by atoms with van der Waals surface area (Å²) >= 11 is 1.45. The van der Waals surface area contributed by atoms with Gasteiger partial charge in [-0.2, -0.15) is 0 Å². The fourth-order valence-corrected chi connectivity index (χ4v) is 3.74. The maximum absolute atomic E-state index is 12.4. The van der Waals surface area contributed by atoms with E-state index in [4.69, 9.17) is 0 Å². The Morgan fingerprint density at radius 2 is 2.09 bits per heavy atom. The summed E-state index contributed by atoms with van der Waals surface area (Å²) in [5.41, 5.74) is 1.21. The molecule has 6 nitrogen and oxygen atoms in total. The van der Waals surface area contributed by atoms with Crippen LogP contribution in [0.3, 0.4) is 0 Å².